The summed E-state index contributed by atoms with van der Waals surface area (Å²) in [7, 11) is 0. The predicted octanol–water partition coefficient (Wildman–Crippen LogP) is -0.442. The van der Waals surface area contributed by atoms with E-state index < -0.39 is 26.8 Å². The lowest BCUT2D eigenvalue weighted by Gasteiger charge is -2.44. The Morgan fingerprint density at radius 3 is 2.50 bits per heavy atom. The van der Waals surface area contributed by atoms with Gasteiger partial charge >= 0.3 is 0 Å². The van der Waals surface area contributed by atoms with Gasteiger partial charge in [-0.2, -0.15) is 0 Å². The van der Waals surface area contributed by atoms with Crippen molar-refractivity contribution in [3.63, 3.8) is 0 Å². The normalized spacial score (nSPS) is 33.4. The van der Waals surface area contributed by atoms with Crippen molar-refractivity contribution in [1.82, 2.24) is 4.90 Å². The van der Waals surface area contributed by atoms with Gasteiger partial charge in [-0.15, -0.1) is 0 Å². The second-order valence-corrected chi connectivity index (χ2v) is 5.53. The monoisotopic (exact) mass is 284 g/mol. The zero-order valence-electron chi connectivity index (χ0n) is 11.1. The Labute approximate surface area is 114 Å². The number of nitrogens with zero attached hydrogens (tertiary/aromatic N) is 3. The lowest BCUT2D eigenvalue weighted by molar-refractivity contribution is -0.619. The number of amides is 1. The first kappa shape index (κ1) is 14.4. The number of rotatable bonds is 4. The molecule has 20 heavy (non-hydrogen) atoms. The van der Waals surface area contributed by atoms with Crippen LogP contribution in [0.1, 0.15) is 19.8 Å². The highest BCUT2D eigenvalue weighted by atomic mass is 16.6. The summed E-state index contributed by atoms with van der Waals surface area (Å²) in [5, 5.41) is 22.9. The molecule has 2 aliphatic rings. The van der Waals surface area contributed by atoms with Gasteiger partial charge in [0.2, 0.25) is 11.4 Å². The molecule has 0 aromatic rings. The minimum absolute atomic E-state index is 0.0135. The van der Waals surface area contributed by atoms with Gasteiger partial charge in [0.05, 0.1) is 25.9 Å². The van der Waals surface area contributed by atoms with Crippen molar-refractivity contribution in [3.05, 3.63) is 31.9 Å². The first-order valence-electron chi connectivity index (χ1n) is 6.27. The highest BCUT2D eigenvalue weighted by Gasteiger charge is 2.64. The molecule has 0 spiro atoms. The fourth-order valence-electron chi connectivity index (χ4n) is 3.23. The van der Waals surface area contributed by atoms with Crippen LogP contribution in [0.5, 0.6) is 0 Å². The number of piperidine rings is 1. The third-order valence-electron chi connectivity index (χ3n) is 4.13. The second-order valence-electron chi connectivity index (χ2n) is 5.53. The Morgan fingerprint density at radius 1 is 1.40 bits per heavy atom. The number of likely N-dealkylation sites (tertiary alicyclic amines) is 1. The number of hydrogen-bond acceptors (Lipinski definition) is 6. The average molecular weight is 284 g/mol. The van der Waals surface area contributed by atoms with Crippen molar-refractivity contribution >= 4 is 5.91 Å². The van der Waals surface area contributed by atoms with Gasteiger partial charge in [0.1, 0.15) is 0 Å². The van der Waals surface area contributed by atoms with E-state index in [1.165, 1.54) is 6.08 Å². The zero-order chi connectivity index (χ0) is 15.1. The molecule has 0 radical (unpaired) electrons. The second kappa shape index (κ2) is 4.51. The van der Waals surface area contributed by atoms with Crippen molar-refractivity contribution in [2.45, 2.75) is 30.8 Å². The summed E-state index contributed by atoms with van der Waals surface area (Å²) in [5.74, 6) is -0.827. The third kappa shape index (κ3) is 2.03. The molecule has 1 saturated heterocycles. The zero-order valence-corrected chi connectivity index (χ0v) is 11.1. The first-order chi connectivity index (χ1) is 9.24. The van der Waals surface area contributed by atoms with E-state index >= 15 is 0 Å². The summed E-state index contributed by atoms with van der Waals surface area (Å²) >= 11 is 0. The quantitative estimate of drug-likeness (QED) is 0.549. The molecule has 1 fully saturated rings. The maximum atomic E-state index is 11.5. The van der Waals surface area contributed by atoms with Crippen LogP contribution in [0.4, 0.5) is 0 Å². The van der Waals surface area contributed by atoms with Crippen LogP contribution in [-0.4, -0.2) is 51.4 Å². The van der Waals surface area contributed by atoms with Crippen molar-refractivity contribution in [2.24, 2.45) is 5.73 Å². The summed E-state index contributed by atoms with van der Waals surface area (Å²) in [6, 6.07) is 0. The maximum absolute atomic E-state index is 11.5. The molecule has 9 heteroatoms. The Bertz CT molecular complexity index is 519. The summed E-state index contributed by atoms with van der Waals surface area (Å²) in [4.78, 5) is 34.9. The fraction of sp³-hybridized carbons (Fsp3) is 0.727. The van der Waals surface area contributed by atoms with E-state index in [1.807, 2.05) is 0 Å². The van der Waals surface area contributed by atoms with Gasteiger partial charge in [0, 0.05) is 21.5 Å². The Balaban J connectivity index is 2.57. The molecule has 0 unspecified atom stereocenters. The van der Waals surface area contributed by atoms with Gasteiger partial charge in [-0.1, -0.05) is 6.92 Å². The van der Waals surface area contributed by atoms with Crippen LogP contribution in [0.25, 0.3) is 0 Å². The van der Waals surface area contributed by atoms with E-state index in [2.05, 4.69) is 0 Å². The van der Waals surface area contributed by atoms with E-state index in [0.717, 1.165) is 0 Å². The fourth-order valence-corrected chi connectivity index (χ4v) is 3.23. The highest BCUT2D eigenvalue weighted by Crippen LogP contribution is 2.42. The number of likely N-dealkylation sites (N-methyl/N-ethyl adjacent to an activating group) is 1. The van der Waals surface area contributed by atoms with Crippen molar-refractivity contribution in [3.8, 4) is 0 Å². The van der Waals surface area contributed by atoms with Crippen LogP contribution in [0, 0.1) is 20.2 Å². The number of nitrogens with two attached hydrogens (primary N) is 1. The highest BCUT2D eigenvalue weighted by molar-refractivity contribution is 5.92. The summed E-state index contributed by atoms with van der Waals surface area (Å²) in [5.41, 5.74) is 2.06. The van der Waals surface area contributed by atoms with Crippen molar-refractivity contribution < 1.29 is 14.6 Å². The number of primary amides is 1. The lowest BCUT2D eigenvalue weighted by Crippen LogP contribution is -2.66. The SMILES string of the molecule is CCN1C[C@@]2([N+](=O)[O-])C=C(C(N)=O)C[C@@]([N+](=O)[O-])(C1)C2. The molecule has 0 aromatic carbocycles. The molecule has 1 amide bonds. The minimum Gasteiger partial charge on any atom is -0.366 e. The van der Waals surface area contributed by atoms with Crippen LogP contribution < -0.4 is 5.73 Å². The molecule has 2 rings (SSSR count). The number of nitro groups is 2. The van der Waals surface area contributed by atoms with Crippen LogP contribution in [-0.2, 0) is 4.79 Å². The van der Waals surface area contributed by atoms with Crippen LogP contribution >= 0.6 is 0 Å². The number of carbonyl (C=O) groups excluding carboxylic acids is 1. The Kier molecular flexibility index (Phi) is 3.24. The smallest absolute Gasteiger partial charge is 0.260 e. The molecule has 1 aliphatic carbocycles. The van der Waals surface area contributed by atoms with Crippen LogP contribution in [0.3, 0.4) is 0 Å². The average Bonchev–Trinajstić information content (AvgIpc) is 2.36. The predicted molar refractivity (Wildman–Crippen MR) is 68.1 cm³/mol. The van der Waals surface area contributed by atoms with Gasteiger partial charge in [-0.25, -0.2) is 0 Å². The summed E-state index contributed by atoms with van der Waals surface area (Å²) < 4.78 is 0. The standard InChI is InChI=1S/C11H16N4O5/c1-2-13-6-10(14(17)18)3-8(9(12)16)4-11(5-10,7-13)15(19)20/h3H,2,4-7H2,1H3,(H2,12,16)/t10-,11+/m1/s1. The molecule has 0 saturated carbocycles. The molecule has 2 atom stereocenters. The van der Waals surface area contributed by atoms with E-state index in [0.29, 0.717) is 6.54 Å². The van der Waals surface area contributed by atoms with E-state index in [-0.39, 0.29) is 31.5 Å². The molecular formula is C11H16N4O5. The van der Waals surface area contributed by atoms with Gasteiger partial charge < -0.3 is 5.73 Å². The topological polar surface area (TPSA) is 133 Å². The number of hydrogen-bond donors (Lipinski definition) is 1. The molecule has 1 aliphatic heterocycles. The molecule has 1 heterocycles. The van der Waals surface area contributed by atoms with E-state index in [1.54, 1.807) is 11.8 Å². The summed E-state index contributed by atoms with van der Waals surface area (Å²) in [6.07, 6.45) is 0.869. The van der Waals surface area contributed by atoms with Crippen molar-refractivity contribution in [2.75, 3.05) is 19.6 Å². The first-order valence-corrected chi connectivity index (χ1v) is 6.27. The van der Waals surface area contributed by atoms with Gasteiger partial charge in [0.15, 0.2) is 0 Å². The number of fused-ring (bicyclic) bond motifs is 2. The lowest BCUT2D eigenvalue weighted by atomic mass is 9.69. The van der Waals surface area contributed by atoms with E-state index in [4.69, 9.17) is 5.73 Å². The molecule has 9 nitrogen and oxygen atoms in total. The Hall–Kier alpha value is -2.03. The molecule has 110 valence electrons. The van der Waals surface area contributed by atoms with Crippen molar-refractivity contribution in [1.29, 1.82) is 0 Å². The third-order valence-corrected chi connectivity index (χ3v) is 4.13. The van der Waals surface area contributed by atoms with Gasteiger partial charge in [-0.05, 0) is 6.54 Å². The molecule has 2 N–H and O–H groups in total. The molecular weight excluding hydrogens is 268 g/mol. The van der Waals surface area contributed by atoms with Crippen LogP contribution in [0.15, 0.2) is 11.6 Å². The van der Waals surface area contributed by atoms with Gasteiger partial charge in [0.25, 0.3) is 5.54 Å². The van der Waals surface area contributed by atoms with Gasteiger partial charge in [-0.3, -0.25) is 29.9 Å². The van der Waals surface area contributed by atoms with E-state index in [9.17, 15) is 25.0 Å². The minimum atomic E-state index is -1.61. The maximum Gasteiger partial charge on any atom is 0.260 e. The number of carbonyl (C=O) groups is 1. The molecule has 2 bridgehead atoms. The molecule has 0 aromatic heterocycles. The summed E-state index contributed by atoms with van der Waals surface area (Å²) in [6.45, 7) is 2.42. The largest absolute Gasteiger partial charge is 0.366 e. The van der Waals surface area contributed by atoms with Crippen LogP contribution in [0.2, 0.25) is 0 Å². The Morgan fingerprint density at radius 2 is 2.05 bits per heavy atom.